The Kier molecular flexibility index (Phi) is 5.82. The van der Waals surface area contributed by atoms with Crippen molar-refractivity contribution in [2.24, 2.45) is 5.73 Å². The van der Waals surface area contributed by atoms with Crippen LogP contribution in [-0.2, 0) is 6.42 Å². The number of aromatic nitrogens is 2. The maximum atomic E-state index is 11.3. The van der Waals surface area contributed by atoms with Crippen molar-refractivity contribution >= 4 is 5.69 Å². The summed E-state index contributed by atoms with van der Waals surface area (Å²) in [4.78, 5) is 19.1. The van der Waals surface area contributed by atoms with Crippen molar-refractivity contribution in [3.63, 3.8) is 0 Å². The molecule has 1 rings (SSSR count). The molecule has 1 unspecified atom stereocenters. The van der Waals surface area contributed by atoms with Crippen molar-refractivity contribution in [1.82, 2.24) is 9.97 Å². The summed E-state index contributed by atoms with van der Waals surface area (Å²) in [5.74, 6) is 0.534. The molecule has 7 nitrogen and oxygen atoms in total. The normalized spacial score (nSPS) is 12.5. The van der Waals surface area contributed by atoms with Crippen LogP contribution in [0.1, 0.15) is 58.1 Å². The standard InChI is InChI=1S/C13H22N4O3/c1-5-9(6-2)20-13-12(17(18)19)11(8(4)14)15-10(7-3)16-13/h8-9H,5-7,14H2,1-4H3. The molecule has 112 valence electrons. The molecule has 0 saturated carbocycles. The maximum absolute atomic E-state index is 11.3. The Bertz CT molecular complexity index is 473. The van der Waals surface area contributed by atoms with Crippen LogP contribution in [-0.4, -0.2) is 21.0 Å². The predicted molar refractivity (Wildman–Crippen MR) is 75.7 cm³/mol. The zero-order valence-corrected chi connectivity index (χ0v) is 12.4. The van der Waals surface area contributed by atoms with Crippen molar-refractivity contribution < 1.29 is 9.66 Å². The molecule has 0 radical (unpaired) electrons. The fourth-order valence-electron chi connectivity index (χ4n) is 1.84. The zero-order chi connectivity index (χ0) is 15.3. The molecule has 2 N–H and O–H groups in total. The number of hydrogen-bond donors (Lipinski definition) is 1. The van der Waals surface area contributed by atoms with Gasteiger partial charge in [0.15, 0.2) is 0 Å². The smallest absolute Gasteiger partial charge is 0.353 e. The molecule has 0 amide bonds. The number of ether oxygens (including phenoxy) is 1. The minimum Gasteiger partial charge on any atom is -0.469 e. The average molecular weight is 282 g/mol. The fraction of sp³-hybridized carbons (Fsp3) is 0.692. The molecule has 0 aliphatic heterocycles. The Morgan fingerprint density at radius 3 is 2.30 bits per heavy atom. The van der Waals surface area contributed by atoms with E-state index < -0.39 is 11.0 Å². The molecule has 1 heterocycles. The summed E-state index contributed by atoms with van der Waals surface area (Å²) in [5.41, 5.74) is 5.80. The van der Waals surface area contributed by atoms with E-state index in [0.717, 1.165) is 12.8 Å². The van der Waals surface area contributed by atoms with E-state index in [-0.39, 0.29) is 23.4 Å². The van der Waals surface area contributed by atoms with E-state index in [9.17, 15) is 10.1 Å². The Hall–Kier alpha value is -1.76. The van der Waals surface area contributed by atoms with Crippen LogP contribution in [0.15, 0.2) is 0 Å². The van der Waals surface area contributed by atoms with Crippen molar-refractivity contribution in [2.45, 2.75) is 59.1 Å². The Labute approximate surface area is 118 Å². The van der Waals surface area contributed by atoms with Crippen molar-refractivity contribution in [2.75, 3.05) is 0 Å². The van der Waals surface area contributed by atoms with E-state index in [2.05, 4.69) is 9.97 Å². The van der Waals surface area contributed by atoms with E-state index in [1.54, 1.807) is 6.92 Å². The van der Waals surface area contributed by atoms with Crippen molar-refractivity contribution in [1.29, 1.82) is 0 Å². The minimum atomic E-state index is -0.548. The van der Waals surface area contributed by atoms with Gasteiger partial charge >= 0.3 is 5.69 Å². The molecule has 0 saturated heterocycles. The lowest BCUT2D eigenvalue weighted by molar-refractivity contribution is -0.387. The Morgan fingerprint density at radius 2 is 1.90 bits per heavy atom. The number of nitrogens with zero attached hydrogens (tertiary/aromatic N) is 3. The zero-order valence-electron chi connectivity index (χ0n) is 12.4. The van der Waals surface area contributed by atoms with Gasteiger partial charge in [0.05, 0.1) is 11.0 Å². The van der Waals surface area contributed by atoms with Gasteiger partial charge in [-0.3, -0.25) is 10.1 Å². The second-order valence-corrected chi connectivity index (χ2v) is 4.63. The predicted octanol–water partition coefficient (Wildman–Crippen LogP) is 2.53. The molecule has 1 aromatic rings. The number of aryl methyl sites for hydroxylation is 1. The summed E-state index contributed by atoms with van der Waals surface area (Å²) >= 11 is 0. The van der Waals surface area contributed by atoms with Gasteiger partial charge in [-0.15, -0.1) is 0 Å². The van der Waals surface area contributed by atoms with Crippen LogP contribution in [0.4, 0.5) is 5.69 Å². The second kappa shape index (κ2) is 7.14. The molecule has 0 bridgehead atoms. The van der Waals surface area contributed by atoms with Gasteiger partial charge in [0.1, 0.15) is 17.6 Å². The molecular weight excluding hydrogens is 260 g/mol. The van der Waals surface area contributed by atoms with Crippen molar-refractivity contribution in [3.05, 3.63) is 21.6 Å². The first kappa shape index (κ1) is 16.3. The first-order valence-electron chi connectivity index (χ1n) is 6.91. The topological polar surface area (TPSA) is 104 Å². The number of nitrogens with two attached hydrogens (primary N) is 1. The lowest BCUT2D eigenvalue weighted by Gasteiger charge is -2.17. The summed E-state index contributed by atoms with van der Waals surface area (Å²) in [6, 6.07) is -0.548. The van der Waals surface area contributed by atoms with Gasteiger partial charge in [0, 0.05) is 6.42 Å². The monoisotopic (exact) mass is 282 g/mol. The number of hydrogen-bond acceptors (Lipinski definition) is 6. The van der Waals surface area contributed by atoms with Gasteiger partial charge in [0.25, 0.3) is 5.88 Å². The van der Waals surface area contributed by atoms with Crippen LogP contribution in [0.3, 0.4) is 0 Å². The molecule has 1 atom stereocenters. The third-order valence-corrected chi connectivity index (χ3v) is 3.04. The highest BCUT2D eigenvalue weighted by Gasteiger charge is 2.29. The van der Waals surface area contributed by atoms with Crippen molar-refractivity contribution in [3.8, 4) is 5.88 Å². The first-order valence-corrected chi connectivity index (χ1v) is 6.91. The van der Waals surface area contributed by atoms with Crippen LogP contribution in [0, 0.1) is 10.1 Å². The molecule has 0 fully saturated rings. The highest BCUT2D eigenvalue weighted by atomic mass is 16.6. The molecular formula is C13H22N4O3. The lowest BCUT2D eigenvalue weighted by atomic mass is 10.2. The second-order valence-electron chi connectivity index (χ2n) is 4.63. The van der Waals surface area contributed by atoms with E-state index in [1.165, 1.54) is 0 Å². The largest absolute Gasteiger partial charge is 0.469 e. The van der Waals surface area contributed by atoms with Crippen LogP contribution in [0.5, 0.6) is 5.88 Å². The lowest BCUT2D eigenvalue weighted by Crippen LogP contribution is -2.19. The molecule has 0 spiro atoms. The van der Waals surface area contributed by atoms with Gasteiger partial charge < -0.3 is 10.5 Å². The molecule has 0 aliphatic rings. The van der Waals surface area contributed by atoms with Crippen LogP contribution < -0.4 is 10.5 Å². The summed E-state index contributed by atoms with van der Waals surface area (Å²) < 4.78 is 5.69. The Morgan fingerprint density at radius 1 is 1.30 bits per heavy atom. The van der Waals surface area contributed by atoms with Gasteiger partial charge in [-0.25, -0.2) is 4.98 Å². The summed E-state index contributed by atoms with van der Waals surface area (Å²) in [7, 11) is 0. The van der Waals surface area contributed by atoms with Crippen LogP contribution in [0.2, 0.25) is 0 Å². The van der Waals surface area contributed by atoms with Gasteiger partial charge in [0.2, 0.25) is 0 Å². The minimum absolute atomic E-state index is 0.0304. The quantitative estimate of drug-likeness (QED) is 0.608. The number of rotatable bonds is 7. The third kappa shape index (κ3) is 3.63. The third-order valence-electron chi connectivity index (χ3n) is 3.04. The molecule has 1 aromatic heterocycles. The highest BCUT2D eigenvalue weighted by Crippen LogP contribution is 2.32. The number of nitro groups is 1. The highest BCUT2D eigenvalue weighted by molar-refractivity contribution is 5.47. The average Bonchev–Trinajstić information content (AvgIpc) is 2.43. The molecule has 20 heavy (non-hydrogen) atoms. The molecule has 0 aliphatic carbocycles. The molecule has 7 heteroatoms. The summed E-state index contributed by atoms with van der Waals surface area (Å²) in [6.45, 7) is 7.48. The van der Waals surface area contributed by atoms with E-state index >= 15 is 0 Å². The first-order chi connectivity index (χ1) is 9.44. The van der Waals surface area contributed by atoms with E-state index in [1.807, 2.05) is 20.8 Å². The maximum Gasteiger partial charge on any atom is 0.353 e. The van der Waals surface area contributed by atoms with Crippen LogP contribution in [0.25, 0.3) is 0 Å². The van der Waals surface area contributed by atoms with E-state index in [0.29, 0.717) is 12.2 Å². The SMILES string of the molecule is CCc1nc(OC(CC)CC)c([N+](=O)[O-])c(C(C)N)n1. The summed E-state index contributed by atoms with van der Waals surface area (Å²) in [6.07, 6.45) is 1.98. The fourth-order valence-corrected chi connectivity index (χ4v) is 1.84. The van der Waals surface area contributed by atoms with Gasteiger partial charge in [-0.1, -0.05) is 20.8 Å². The van der Waals surface area contributed by atoms with Gasteiger partial charge in [-0.05, 0) is 19.8 Å². The van der Waals surface area contributed by atoms with E-state index in [4.69, 9.17) is 10.5 Å². The summed E-state index contributed by atoms with van der Waals surface area (Å²) in [5, 5.41) is 11.3. The Balaban J connectivity index is 3.37. The van der Waals surface area contributed by atoms with Gasteiger partial charge in [-0.2, -0.15) is 4.98 Å². The van der Waals surface area contributed by atoms with Crippen LogP contribution >= 0.6 is 0 Å². The molecule has 0 aromatic carbocycles.